The molecule has 2 aromatic rings. The van der Waals surface area contributed by atoms with E-state index in [4.69, 9.17) is 0 Å². The number of aryl methyl sites for hydroxylation is 2. The van der Waals surface area contributed by atoms with Gasteiger partial charge in [0.1, 0.15) is 28.6 Å². The van der Waals surface area contributed by atoms with Gasteiger partial charge < -0.3 is 16.0 Å². The molecular formula is C16H16N6OS. The van der Waals surface area contributed by atoms with Gasteiger partial charge in [0.15, 0.2) is 11.6 Å². The van der Waals surface area contributed by atoms with Crippen LogP contribution in [0.1, 0.15) is 35.2 Å². The second-order valence-electron chi connectivity index (χ2n) is 6.00. The largest absolute Gasteiger partial charge is 0.357 e. The number of rotatable bonds is 2. The third-order valence-corrected chi connectivity index (χ3v) is 5.49. The molecule has 3 N–H and O–H groups in total. The Kier molecular flexibility index (Phi) is 3.39. The Labute approximate surface area is 143 Å². The van der Waals surface area contributed by atoms with Crippen LogP contribution < -0.4 is 16.0 Å². The monoisotopic (exact) mass is 340 g/mol. The maximum Gasteiger partial charge on any atom is 0.246 e. The van der Waals surface area contributed by atoms with E-state index in [-0.39, 0.29) is 11.9 Å². The summed E-state index contributed by atoms with van der Waals surface area (Å²) < 4.78 is 0. The van der Waals surface area contributed by atoms with Gasteiger partial charge in [0.25, 0.3) is 0 Å². The average Bonchev–Trinajstić information content (AvgIpc) is 3.09. The molecule has 2 aromatic heterocycles. The van der Waals surface area contributed by atoms with Crippen LogP contribution in [0.3, 0.4) is 0 Å². The van der Waals surface area contributed by atoms with Crippen LogP contribution in [-0.4, -0.2) is 21.9 Å². The summed E-state index contributed by atoms with van der Waals surface area (Å²) in [6, 6.07) is 1.96. The van der Waals surface area contributed by atoms with Crippen molar-refractivity contribution >= 4 is 39.6 Å². The molecule has 0 aromatic carbocycles. The van der Waals surface area contributed by atoms with Gasteiger partial charge in [-0.1, -0.05) is 0 Å². The Morgan fingerprint density at radius 1 is 1.38 bits per heavy atom. The van der Waals surface area contributed by atoms with E-state index >= 15 is 0 Å². The molecule has 0 fully saturated rings. The van der Waals surface area contributed by atoms with Gasteiger partial charge in [-0.2, -0.15) is 5.26 Å². The van der Waals surface area contributed by atoms with E-state index in [0.29, 0.717) is 28.7 Å². The fourth-order valence-electron chi connectivity index (χ4n) is 3.11. The van der Waals surface area contributed by atoms with Crippen LogP contribution in [0.2, 0.25) is 0 Å². The van der Waals surface area contributed by atoms with E-state index in [1.54, 1.807) is 25.2 Å². The van der Waals surface area contributed by atoms with Gasteiger partial charge >= 0.3 is 0 Å². The third-order valence-electron chi connectivity index (χ3n) is 4.28. The smallest absolute Gasteiger partial charge is 0.246 e. The number of fused-ring (bicyclic) bond motifs is 2. The number of anilines is 4. The molecule has 1 atom stereocenters. The van der Waals surface area contributed by atoms with Gasteiger partial charge in [0.2, 0.25) is 5.91 Å². The van der Waals surface area contributed by atoms with E-state index in [0.717, 1.165) is 29.8 Å². The molecule has 1 aliphatic heterocycles. The van der Waals surface area contributed by atoms with Gasteiger partial charge in [-0.05, 0) is 38.7 Å². The van der Waals surface area contributed by atoms with Crippen LogP contribution in [0.25, 0.3) is 0 Å². The molecule has 1 aliphatic carbocycles. The van der Waals surface area contributed by atoms with Crippen molar-refractivity contribution < 1.29 is 4.79 Å². The molecule has 8 heteroatoms. The van der Waals surface area contributed by atoms with Crippen LogP contribution in [0, 0.1) is 18.3 Å². The second-order valence-corrected chi connectivity index (χ2v) is 7.10. The highest BCUT2D eigenvalue weighted by atomic mass is 32.1. The van der Waals surface area contributed by atoms with Crippen molar-refractivity contribution in [2.24, 2.45) is 0 Å². The molecule has 4 rings (SSSR count). The number of carbonyl (C=O) groups excluding carboxylic acids is 1. The number of carbonyl (C=O) groups is 1. The zero-order valence-electron chi connectivity index (χ0n) is 13.4. The lowest BCUT2D eigenvalue weighted by molar-refractivity contribution is -0.116. The normalized spacial score (nSPS) is 18.2. The van der Waals surface area contributed by atoms with Gasteiger partial charge in [0.05, 0.1) is 5.56 Å². The van der Waals surface area contributed by atoms with Crippen LogP contribution in [0.4, 0.5) is 22.3 Å². The number of nitrogens with zero attached hydrogens (tertiary/aromatic N) is 3. The lowest BCUT2D eigenvalue weighted by Crippen LogP contribution is -2.37. The van der Waals surface area contributed by atoms with E-state index < -0.39 is 0 Å². The first-order valence-electron chi connectivity index (χ1n) is 7.84. The first kappa shape index (κ1) is 14.9. The molecule has 0 spiro atoms. The number of amides is 1. The highest BCUT2D eigenvalue weighted by molar-refractivity contribution is 7.16. The number of nitriles is 1. The van der Waals surface area contributed by atoms with Crippen molar-refractivity contribution in [2.45, 2.75) is 39.2 Å². The van der Waals surface area contributed by atoms with E-state index in [1.807, 2.05) is 0 Å². The molecule has 3 heterocycles. The Balaban J connectivity index is 1.77. The van der Waals surface area contributed by atoms with Crippen molar-refractivity contribution in [1.82, 2.24) is 9.97 Å². The Morgan fingerprint density at radius 2 is 2.21 bits per heavy atom. The van der Waals surface area contributed by atoms with Crippen LogP contribution in [0.15, 0.2) is 0 Å². The number of aromatic nitrogens is 2. The summed E-state index contributed by atoms with van der Waals surface area (Å²) >= 11 is 1.60. The minimum absolute atomic E-state index is 0.132. The Morgan fingerprint density at radius 3 is 3.00 bits per heavy atom. The van der Waals surface area contributed by atoms with Gasteiger partial charge in [-0.15, -0.1) is 11.3 Å². The van der Waals surface area contributed by atoms with Gasteiger partial charge in [-0.25, -0.2) is 9.97 Å². The summed E-state index contributed by atoms with van der Waals surface area (Å²) in [5.74, 6) is 1.57. The summed E-state index contributed by atoms with van der Waals surface area (Å²) in [4.78, 5) is 22.0. The molecule has 24 heavy (non-hydrogen) atoms. The zero-order chi connectivity index (χ0) is 16.8. The first-order valence-corrected chi connectivity index (χ1v) is 8.66. The molecule has 0 saturated heterocycles. The molecular weight excluding hydrogens is 324 g/mol. The van der Waals surface area contributed by atoms with Crippen LogP contribution in [0.5, 0.6) is 0 Å². The van der Waals surface area contributed by atoms with Crippen molar-refractivity contribution in [2.75, 3.05) is 16.0 Å². The molecule has 122 valence electrons. The Hall–Kier alpha value is -2.66. The fraction of sp³-hybridized carbons (Fsp3) is 0.375. The lowest BCUT2D eigenvalue weighted by Gasteiger charge is -2.25. The summed E-state index contributed by atoms with van der Waals surface area (Å²) in [7, 11) is 0. The standard InChI is InChI=1S/C16H16N6OS/c1-7-15(23)21-12-13(18-7)19-8(2)20-14(12)22-16-10(6-17)9-4-3-5-11(9)24-16/h7H,3-5H2,1-2H3,(H,21,23)(H2,18,19,20,22). The highest BCUT2D eigenvalue weighted by Crippen LogP contribution is 2.41. The molecule has 0 saturated carbocycles. The number of thiophene rings is 1. The number of hydrogen-bond acceptors (Lipinski definition) is 7. The van der Waals surface area contributed by atoms with Gasteiger partial charge in [0, 0.05) is 4.88 Å². The summed E-state index contributed by atoms with van der Waals surface area (Å²) in [5, 5.41) is 19.5. The van der Waals surface area contributed by atoms with Crippen molar-refractivity contribution in [3.63, 3.8) is 0 Å². The number of hydrogen-bond donors (Lipinski definition) is 3. The van der Waals surface area contributed by atoms with E-state index in [2.05, 4.69) is 32.0 Å². The zero-order valence-corrected chi connectivity index (χ0v) is 14.2. The highest BCUT2D eigenvalue weighted by Gasteiger charge is 2.28. The summed E-state index contributed by atoms with van der Waals surface area (Å²) in [6.07, 6.45) is 3.08. The Bertz CT molecular complexity index is 897. The quantitative estimate of drug-likeness (QED) is 0.777. The maximum atomic E-state index is 12.0. The van der Waals surface area contributed by atoms with Crippen molar-refractivity contribution in [1.29, 1.82) is 5.26 Å². The second kappa shape index (κ2) is 5.46. The predicted molar refractivity (Wildman–Crippen MR) is 92.8 cm³/mol. The van der Waals surface area contributed by atoms with Crippen molar-refractivity contribution in [3.8, 4) is 6.07 Å². The topological polar surface area (TPSA) is 103 Å². The van der Waals surface area contributed by atoms with E-state index in [9.17, 15) is 10.1 Å². The molecule has 7 nitrogen and oxygen atoms in total. The van der Waals surface area contributed by atoms with Crippen molar-refractivity contribution in [3.05, 3.63) is 21.8 Å². The molecule has 0 bridgehead atoms. The van der Waals surface area contributed by atoms with Crippen LogP contribution in [-0.2, 0) is 17.6 Å². The van der Waals surface area contributed by atoms with E-state index in [1.165, 1.54) is 4.88 Å². The minimum atomic E-state index is -0.347. The molecule has 0 radical (unpaired) electrons. The molecule has 2 aliphatic rings. The average molecular weight is 340 g/mol. The van der Waals surface area contributed by atoms with Gasteiger partial charge in [-0.3, -0.25) is 4.79 Å². The third kappa shape index (κ3) is 2.29. The lowest BCUT2D eigenvalue weighted by atomic mass is 10.1. The number of nitrogens with one attached hydrogen (secondary N) is 3. The summed E-state index contributed by atoms with van der Waals surface area (Å²) in [6.45, 7) is 3.58. The first-order chi connectivity index (χ1) is 11.6. The molecule has 1 amide bonds. The summed E-state index contributed by atoms with van der Waals surface area (Å²) in [5.41, 5.74) is 2.38. The SMILES string of the molecule is Cc1nc(Nc2sc3c(c2C#N)CCC3)c2c(n1)NC(C)C(=O)N2. The fourth-order valence-corrected chi connectivity index (χ4v) is 4.34. The molecule has 1 unspecified atom stereocenters. The minimum Gasteiger partial charge on any atom is -0.357 e. The maximum absolute atomic E-state index is 12.0. The predicted octanol–water partition coefficient (Wildman–Crippen LogP) is 2.70. The van der Waals surface area contributed by atoms with Crippen LogP contribution >= 0.6 is 11.3 Å².